The van der Waals surface area contributed by atoms with Crippen LogP contribution in [0.5, 0.6) is 0 Å². The van der Waals surface area contributed by atoms with Crippen molar-refractivity contribution in [3.63, 3.8) is 0 Å². The van der Waals surface area contributed by atoms with Gasteiger partial charge in [0.2, 0.25) is 0 Å². The minimum absolute atomic E-state index is 0.246. The van der Waals surface area contributed by atoms with E-state index in [1.807, 2.05) is 4.57 Å². The third kappa shape index (κ3) is 3.25. The summed E-state index contributed by atoms with van der Waals surface area (Å²) in [7, 11) is 0. The van der Waals surface area contributed by atoms with Crippen LogP contribution >= 0.6 is 11.8 Å². The Bertz CT molecular complexity index is 612. The van der Waals surface area contributed by atoms with Gasteiger partial charge in [-0.25, -0.2) is 4.39 Å². The Morgan fingerprint density at radius 3 is 2.67 bits per heavy atom. The average molecular weight is 308 g/mol. The standard InChI is InChI=1S/C14H17FN4OS/c15-10-3-5-11(6-4-10)19-13(7-16)17-18-14(19)21-8-12(20)9-1-2-9/h3-6,9,12,20H,1-2,7-8,16H2/t12-/m1/s1. The van der Waals surface area contributed by atoms with Crippen molar-refractivity contribution in [1.82, 2.24) is 14.8 Å². The van der Waals surface area contributed by atoms with Gasteiger partial charge in [0.05, 0.1) is 12.6 Å². The lowest BCUT2D eigenvalue weighted by Crippen LogP contribution is -2.13. The van der Waals surface area contributed by atoms with Crippen LogP contribution in [-0.2, 0) is 6.54 Å². The molecule has 5 nitrogen and oxygen atoms in total. The van der Waals surface area contributed by atoms with Gasteiger partial charge in [0.25, 0.3) is 0 Å². The second kappa shape index (κ2) is 6.13. The van der Waals surface area contributed by atoms with Gasteiger partial charge in [0.15, 0.2) is 11.0 Å². The number of nitrogens with two attached hydrogens (primary N) is 1. The molecule has 3 rings (SSSR count). The Morgan fingerprint density at radius 1 is 1.33 bits per heavy atom. The van der Waals surface area contributed by atoms with Crippen molar-refractivity contribution in [3.05, 3.63) is 35.9 Å². The predicted octanol–water partition coefficient (Wildman–Crippen LogP) is 1.73. The average Bonchev–Trinajstić information content (AvgIpc) is 3.26. The first-order valence-electron chi connectivity index (χ1n) is 6.90. The Balaban J connectivity index is 1.83. The van der Waals surface area contributed by atoms with Gasteiger partial charge in [-0.1, -0.05) is 11.8 Å². The number of aromatic nitrogens is 3. The minimum Gasteiger partial charge on any atom is -0.392 e. The summed E-state index contributed by atoms with van der Waals surface area (Å²) in [6.45, 7) is 0.246. The fourth-order valence-electron chi connectivity index (χ4n) is 2.15. The molecular weight excluding hydrogens is 291 g/mol. The topological polar surface area (TPSA) is 77.0 Å². The lowest BCUT2D eigenvalue weighted by molar-refractivity contribution is 0.176. The third-order valence-electron chi connectivity index (χ3n) is 3.52. The maximum absolute atomic E-state index is 13.1. The normalized spacial score (nSPS) is 16.1. The number of halogens is 1. The first-order chi connectivity index (χ1) is 10.2. The molecule has 0 saturated heterocycles. The van der Waals surface area contributed by atoms with Crippen LogP contribution in [0.15, 0.2) is 29.4 Å². The van der Waals surface area contributed by atoms with Crippen molar-refractivity contribution in [2.24, 2.45) is 11.7 Å². The van der Waals surface area contributed by atoms with Crippen LogP contribution in [0.2, 0.25) is 0 Å². The molecule has 7 heteroatoms. The van der Waals surface area contributed by atoms with Gasteiger partial charge in [0.1, 0.15) is 5.82 Å². The first kappa shape index (κ1) is 14.5. The molecule has 3 N–H and O–H groups in total. The first-order valence-corrected chi connectivity index (χ1v) is 7.88. The van der Waals surface area contributed by atoms with Crippen molar-refractivity contribution in [2.75, 3.05) is 5.75 Å². The quantitative estimate of drug-likeness (QED) is 0.795. The number of aliphatic hydroxyl groups is 1. The fourth-order valence-corrected chi connectivity index (χ4v) is 3.18. The summed E-state index contributed by atoms with van der Waals surface area (Å²) in [6, 6.07) is 6.12. The van der Waals surface area contributed by atoms with Gasteiger partial charge in [-0.2, -0.15) is 0 Å². The molecule has 0 bridgehead atoms. The molecule has 1 aromatic carbocycles. The predicted molar refractivity (Wildman–Crippen MR) is 78.7 cm³/mol. The highest BCUT2D eigenvalue weighted by Crippen LogP contribution is 2.35. The monoisotopic (exact) mass is 308 g/mol. The number of hydrogen-bond donors (Lipinski definition) is 2. The Morgan fingerprint density at radius 2 is 2.05 bits per heavy atom. The molecule has 1 aliphatic carbocycles. The number of thioether (sulfide) groups is 1. The van der Waals surface area contributed by atoms with Crippen molar-refractivity contribution >= 4 is 11.8 Å². The van der Waals surface area contributed by atoms with E-state index in [4.69, 9.17) is 5.73 Å². The molecule has 0 amide bonds. The lowest BCUT2D eigenvalue weighted by atomic mass is 10.3. The van der Waals surface area contributed by atoms with E-state index in [2.05, 4.69) is 10.2 Å². The van der Waals surface area contributed by atoms with Crippen LogP contribution < -0.4 is 5.73 Å². The molecule has 0 spiro atoms. The molecule has 0 unspecified atom stereocenters. The zero-order chi connectivity index (χ0) is 14.8. The molecule has 1 saturated carbocycles. The number of benzene rings is 1. The van der Waals surface area contributed by atoms with Gasteiger partial charge in [-0.15, -0.1) is 10.2 Å². The summed E-state index contributed by atoms with van der Waals surface area (Å²) >= 11 is 1.45. The lowest BCUT2D eigenvalue weighted by Gasteiger charge is -2.11. The van der Waals surface area contributed by atoms with Crippen LogP contribution in [0, 0.1) is 11.7 Å². The summed E-state index contributed by atoms with van der Waals surface area (Å²) in [5.74, 6) is 1.33. The number of hydrogen-bond acceptors (Lipinski definition) is 5. The highest BCUT2D eigenvalue weighted by Gasteiger charge is 2.30. The smallest absolute Gasteiger partial charge is 0.195 e. The van der Waals surface area contributed by atoms with Crippen LogP contribution in [0.25, 0.3) is 5.69 Å². The summed E-state index contributed by atoms with van der Waals surface area (Å²) in [5, 5.41) is 18.8. The van der Waals surface area contributed by atoms with Crippen LogP contribution in [-0.4, -0.2) is 31.7 Å². The van der Waals surface area contributed by atoms with Crippen molar-refractivity contribution in [2.45, 2.75) is 30.6 Å². The van der Waals surface area contributed by atoms with Crippen molar-refractivity contribution in [1.29, 1.82) is 0 Å². The van der Waals surface area contributed by atoms with E-state index < -0.39 is 0 Å². The highest BCUT2D eigenvalue weighted by molar-refractivity contribution is 7.99. The van der Waals surface area contributed by atoms with Gasteiger partial charge in [-0.05, 0) is 43.0 Å². The van der Waals surface area contributed by atoms with E-state index in [0.29, 0.717) is 22.7 Å². The van der Waals surface area contributed by atoms with Crippen LogP contribution in [0.1, 0.15) is 18.7 Å². The number of nitrogens with zero attached hydrogens (tertiary/aromatic N) is 3. The maximum Gasteiger partial charge on any atom is 0.195 e. The number of rotatable bonds is 6. The maximum atomic E-state index is 13.1. The minimum atomic E-state index is -0.310. The van der Waals surface area contributed by atoms with E-state index in [9.17, 15) is 9.50 Å². The van der Waals surface area contributed by atoms with Gasteiger partial charge >= 0.3 is 0 Å². The fraction of sp³-hybridized carbons (Fsp3) is 0.429. The molecule has 21 heavy (non-hydrogen) atoms. The van der Waals surface area contributed by atoms with E-state index in [-0.39, 0.29) is 18.5 Å². The van der Waals surface area contributed by atoms with Gasteiger partial charge in [0, 0.05) is 11.4 Å². The van der Waals surface area contributed by atoms with E-state index in [1.165, 1.54) is 23.9 Å². The van der Waals surface area contributed by atoms with E-state index in [1.54, 1.807) is 12.1 Å². The molecule has 1 heterocycles. The molecular formula is C14H17FN4OS. The zero-order valence-electron chi connectivity index (χ0n) is 11.4. The molecule has 1 aliphatic rings. The van der Waals surface area contributed by atoms with E-state index in [0.717, 1.165) is 18.5 Å². The molecule has 2 aromatic rings. The Kier molecular flexibility index (Phi) is 4.23. The Hall–Kier alpha value is -1.44. The SMILES string of the molecule is NCc1nnc(SC[C@@H](O)C2CC2)n1-c1ccc(F)cc1. The van der Waals surface area contributed by atoms with Gasteiger partial charge < -0.3 is 10.8 Å². The highest BCUT2D eigenvalue weighted by atomic mass is 32.2. The summed E-state index contributed by atoms with van der Waals surface area (Å²) < 4.78 is 14.9. The zero-order valence-corrected chi connectivity index (χ0v) is 12.3. The largest absolute Gasteiger partial charge is 0.392 e. The second-order valence-corrected chi connectivity index (χ2v) is 6.12. The number of aliphatic hydroxyl groups excluding tert-OH is 1. The van der Waals surface area contributed by atoms with Crippen molar-refractivity contribution < 1.29 is 9.50 Å². The van der Waals surface area contributed by atoms with Crippen molar-refractivity contribution in [3.8, 4) is 5.69 Å². The third-order valence-corrected chi connectivity index (χ3v) is 4.55. The summed E-state index contributed by atoms with van der Waals surface area (Å²) in [4.78, 5) is 0. The summed E-state index contributed by atoms with van der Waals surface area (Å²) in [5.41, 5.74) is 6.46. The molecule has 1 atom stereocenters. The molecule has 1 aromatic heterocycles. The second-order valence-electron chi connectivity index (χ2n) is 5.13. The Labute approximate surface area is 126 Å². The van der Waals surface area contributed by atoms with Gasteiger partial charge in [-0.3, -0.25) is 4.57 Å². The molecule has 1 fully saturated rings. The summed E-state index contributed by atoms with van der Waals surface area (Å²) in [6.07, 6.45) is 1.88. The van der Waals surface area contributed by atoms with Crippen LogP contribution in [0.4, 0.5) is 4.39 Å². The van der Waals surface area contributed by atoms with Crippen LogP contribution in [0.3, 0.4) is 0 Å². The molecule has 0 radical (unpaired) electrons. The molecule has 112 valence electrons. The van der Waals surface area contributed by atoms with E-state index >= 15 is 0 Å². The molecule has 0 aliphatic heterocycles.